The van der Waals surface area contributed by atoms with Gasteiger partial charge in [0.1, 0.15) is 0 Å². The quantitative estimate of drug-likeness (QED) is 0.756. The Morgan fingerprint density at radius 2 is 2.12 bits per heavy atom. The zero-order chi connectivity index (χ0) is 11.7. The second kappa shape index (κ2) is 4.06. The van der Waals surface area contributed by atoms with E-state index in [1.807, 2.05) is 0 Å². The van der Waals surface area contributed by atoms with E-state index in [-0.39, 0.29) is 24.7 Å². The summed E-state index contributed by atoms with van der Waals surface area (Å²) in [5, 5.41) is 9.44. The van der Waals surface area contributed by atoms with E-state index >= 15 is 0 Å². The van der Waals surface area contributed by atoms with Crippen molar-refractivity contribution in [1.82, 2.24) is 0 Å². The SMILES string of the molecule is CC(O)c1cccc(N2CC(=O)CC2=O)c1. The number of benzene rings is 1. The predicted octanol–water partition coefficient (Wildman–Crippen LogP) is 1.05. The highest BCUT2D eigenvalue weighted by atomic mass is 16.3. The van der Waals surface area contributed by atoms with E-state index in [4.69, 9.17) is 0 Å². The number of rotatable bonds is 2. The third-order valence-electron chi connectivity index (χ3n) is 2.65. The van der Waals surface area contributed by atoms with E-state index in [0.29, 0.717) is 5.69 Å². The molecule has 0 saturated carbocycles. The van der Waals surface area contributed by atoms with Gasteiger partial charge in [-0.25, -0.2) is 0 Å². The predicted molar refractivity (Wildman–Crippen MR) is 59.1 cm³/mol. The van der Waals surface area contributed by atoms with Crippen LogP contribution < -0.4 is 4.90 Å². The molecular formula is C12H13NO3. The van der Waals surface area contributed by atoms with Crippen molar-refractivity contribution in [3.8, 4) is 0 Å². The Hall–Kier alpha value is -1.68. The molecule has 16 heavy (non-hydrogen) atoms. The minimum atomic E-state index is -0.576. The molecule has 1 aliphatic heterocycles. The Kier molecular flexibility index (Phi) is 2.75. The van der Waals surface area contributed by atoms with E-state index in [1.54, 1.807) is 31.2 Å². The second-order valence-corrected chi connectivity index (χ2v) is 3.97. The number of anilines is 1. The van der Waals surface area contributed by atoms with E-state index in [9.17, 15) is 14.7 Å². The van der Waals surface area contributed by atoms with Gasteiger partial charge < -0.3 is 10.0 Å². The molecule has 2 rings (SSSR count). The number of carbonyl (C=O) groups excluding carboxylic acids is 2. The van der Waals surface area contributed by atoms with Gasteiger partial charge in [-0.3, -0.25) is 9.59 Å². The highest BCUT2D eigenvalue weighted by molar-refractivity contribution is 6.15. The normalized spacial score (nSPS) is 18.0. The van der Waals surface area contributed by atoms with Gasteiger partial charge in [-0.15, -0.1) is 0 Å². The van der Waals surface area contributed by atoms with E-state index in [1.165, 1.54) is 4.90 Å². The molecule has 0 radical (unpaired) electrons. The lowest BCUT2D eigenvalue weighted by Crippen LogP contribution is -2.24. The van der Waals surface area contributed by atoms with Crippen molar-refractivity contribution in [2.75, 3.05) is 11.4 Å². The Balaban J connectivity index is 2.30. The molecule has 1 unspecified atom stereocenters. The van der Waals surface area contributed by atoms with Gasteiger partial charge in [-0.2, -0.15) is 0 Å². The molecule has 1 aromatic rings. The van der Waals surface area contributed by atoms with Crippen LogP contribution in [0.3, 0.4) is 0 Å². The first-order valence-corrected chi connectivity index (χ1v) is 5.18. The van der Waals surface area contributed by atoms with Crippen LogP contribution in [-0.4, -0.2) is 23.3 Å². The van der Waals surface area contributed by atoms with Crippen molar-refractivity contribution in [1.29, 1.82) is 0 Å². The maximum absolute atomic E-state index is 11.5. The van der Waals surface area contributed by atoms with Gasteiger partial charge in [0.25, 0.3) is 0 Å². The number of amides is 1. The number of nitrogens with zero attached hydrogens (tertiary/aromatic N) is 1. The minimum Gasteiger partial charge on any atom is -0.389 e. The third kappa shape index (κ3) is 1.97. The van der Waals surface area contributed by atoms with Crippen LogP contribution in [0, 0.1) is 0 Å². The van der Waals surface area contributed by atoms with Gasteiger partial charge in [-0.1, -0.05) is 12.1 Å². The van der Waals surface area contributed by atoms with Crippen LogP contribution in [0.1, 0.15) is 25.0 Å². The zero-order valence-corrected chi connectivity index (χ0v) is 9.01. The summed E-state index contributed by atoms with van der Waals surface area (Å²) in [5.41, 5.74) is 1.42. The fraction of sp³-hybridized carbons (Fsp3) is 0.333. The lowest BCUT2D eigenvalue weighted by molar-refractivity contribution is -0.121. The van der Waals surface area contributed by atoms with Crippen LogP contribution in [0.5, 0.6) is 0 Å². The number of aliphatic hydroxyl groups excluding tert-OH is 1. The standard InChI is InChI=1S/C12H13NO3/c1-8(14)9-3-2-4-10(5-9)13-7-11(15)6-12(13)16/h2-5,8,14H,6-7H2,1H3. The zero-order valence-electron chi connectivity index (χ0n) is 9.01. The molecule has 0 aliphatic carbocycles. The molecule has 1 aliphatic rings. The fourth-order valence-corrected chi connectivity index (χ4v) is 1.77. The molecule has 1 aromatic carbocycles. The highest BCUT2D eigenvalue weighted by Gasteiger charge is 2.28. The molecule has 84 valence electrons. The van der Waals surface area contributed by atoms with Crippen LogP contribution in [-0.2, 0) is 9.59 Å². The summed E-state index contributed by atoms with van der Waals surface area (Å²) in [6, 6.07) is 7.06. The molecular weight excluding hydrogens is 206 g/mol. The maximum Gasteiger partial charge on any atom is 0.234 e. The van der Waals surface area contributed by atoms with Crippen molar-refractivity contribution in [2.45, 2.75) is 19.4 Å². The van der Waals surface area contributed by atoms with Crippen LogP contribution in [0.15, 0.2) is 24.3 Å². The number of hydrogen-bond acceptors (Lipinski definition) is 3. The molecule has 4 heteroatoms. The number of aliphatic hydroxyl groups is 1. The summed E-state index contributed by atoms with van der Waals surface area (Å²) < 4.78 is 0. The smallest absolute Gasteiger partial charge is 0.234 e. The first kappa shape index (κ1) is 10.8. The summed E-state index contributed by atoms with van der Waals surface area (Å²) in [6.07, 6.45) is -0.591. The summed E-state index contributed by atoms with van der Waals surface area (Å²) in [4.78, 5) is 24.1. The fourth-order valence-electron chi connectivity index (χ4n) is 1.77. The lowest BCUT2D eigenvalue weighted by Gasteiger charge is -2.16. The molecule has 4 nitrogen and oxygen atoms in total. The van der Waals surface area contributed by atoms with Crippen LogP contribution in [0.4, 0.5) is 5.69 Å². The third-order valence-corrected chi connectivity index (χ3v) is 2.65. The summed E-state index contributed by atoms with van der Waals surface area (Å²) in [5.74, 6) is -0.236. The number of ketones is 1. The first-order chi connectivity index (χ1) is 7.58. The summed E-state index contributed by atoms with van der Waals surface area (Å²) in [6.45, 7) is 1.80. The largest absolute Gasteiger partial charge is 0.389 e. The van der Waals surface area contributed by atoms with Gasteiger partial charge in [-0.05, 0) is 24.6 Å². The Labute approximate surface area is 93.5 Å². The van der Waals surface area contributed by atoms with Crippen molar-refractivity contribution in [3.63, 3.8) is 0 Å². The van der Waals surface area contributed by atoms with E-state index < -0.39 is 6.10 Å². The van der Waals surface area contributed by atoms with Gasteiger partial charge in [0.2, 0.25) is 5.91 Å². The van der Waals surface area contributed by atoms with Crippen LogP contribution in [0.2, 0.25) is 0 Å². The summed E-state index contributed by atoms with van der Waals surface area (Å²) >= 11 is 0. The maximum atomic E-state index is 11.5. The monoisotopic (exact) mass is 219 g/mol. The summed E-state index contributed by atoms with van der Waals surface area (Å²) in [7, 11) is 0. The molecule has 1 fully saturated rings. The highest BCUT2D eigenvalue weighted by Crippen LogP contribution is 2.23. The topological polar surface area (TPSA) is 57.6 Å². The molecule has 1 heterocycles. The second-order valence-electron chi connectivity index (χ2n) is 3.97. The molecule has 1 amide bonds. The molecule has 1 saturated heterocycles. The lowest BCUT2D eigenvalue weighted by atomic mass is 10.1. The van der Waals surface area contributed by atoms with Gasteiger partial charge in [0.05, 0.1) is 19.1 Å². The van der Waals surface area contributed by atoms with Gasteiger partial charge >= 0.3 is 0 Å². The molecule has 1 atom stereocenters. The van der Waals surface area contributed by atoms with Crippen molar-refractivity contribution < 1.29 is 14.7 Å². The van der Waals surface area contributed by atoms with Crippen LogP contribution in [0.25, 0.3) is 0 Å². The first-order valence-electron chi connectivity index (χ1n) is 5.18. The number of Topliss-reactive ketones (excluding diaryl/α,β-unsaturated/α-hetero) is 1. The molecule has 0 spiro atoms. The van der Waals surface area contributed by atoms with Gasteiger partial charge in [0.15, 0.2) is 5.78 Å². The molecule has 0 aromatic heterocycles. The van der Waals surface area contributed by atoms with Crippen molar-refractivity contribution in [2.24, 2.45) is 0 Å². The molecule has 1 N–H and O–H groups in total. The number of carbonyl (C=O) groups is 2. The van der Waals surface area contributed by atoms with E-state index in [0.717, 1.165) is 5.56 Å². The minimum absolute atomic E-state index is 0.0150. The van der Waals surface area contributed by atoms with E-state index in [2.05, 4.69) is 0 Å². The van der Waals surface area contributed by atoms with Crippen molar-refractivity contribution >= 4 is 17.4 Å². The number of hydrogen-bond donors (Lipinski definition) is 1. The average molecular weight is 219 g/mol. The van der Waals surface area contributed by atoms with Crippen molar-refractivity contribution in [3.05, 3.63) is 29.8 Å². The average Bonchev–Trinajstić information content (AvgIpc) is 2.58. The van der Waals surface area contributed by atoms with Crippen LogP contribution >= 0.6 is 0 Å². The Morgan fingerprint density at radius 3 is 2.69 bits per heavy atom. The molecule has 0 bridgehead atoms. The van der Waals surface area contributed by atoms with Gasteiger partial charge in [0, 0.05) is 5.69 Å². The Bertz CT molecular complexity index is 440. The Morgan fingerprint density at radius 1 is 1.38 bits per heavy atom.